The molecule has 0 aliphatic heterocycles. The zero-order chi connectivity index (χ0) is 10.7. The highest BCUT2D eigenvalue weighted by molar-refractivity contribution is 9.10. The molecule has 0 atom stereocenters. The highest BCUT2D eigenvalue weighted by Crippen LogP contribution is 2.21. The molecule has 0 saturated heterocycles. The molecule has 0 bridgehead atoms. The SMILES string of the molecule is CC(=O)Cc1cccc(Br)c1C(=O)O. The minimum Gasteiger partial charge on any atom is -0.478 e. The predicted octanol–water partition coefficient (Wildman–Crippen LogP) is 2.28. The van der Waals surface area contributed by atoms with Crippen molar-refractivity contribution in [1.29, 1.82) is 0 Å². The number of Topliss-reactive ketones (excluding diaryl/α,β-unsaturated/α-hetero) is 1. The number of carbonyl (C=O) groups is 2. The quantitative estimate of drug-likeness (QED) is 0.903. The lowest BCUT2D eigenvalue weighted by Crippen LogP contribution is -2.07. The summed E-state index contributed by atoms with van der Waals surface area (Å²) in [5, 5.41) is 8.92. The highest BCUT2D eigenvalue weighted by atomic mass is 79.9. The van der Waals surface area contributed by atoms with Crippen LogP contribution in [0.1, 0.15) is 22.8 Å². The second kappa shape index (κ2) is 4.37. The summed E-state index contributed by atoms with van der Waals surface area (Å²) >= 11 is 3.15. The third kappa shape index (κ3) is 2.42. The van der Waals surface area contributed by atoms with E-state index in [2.05, 4.69) is 15.9 Å². The van der Waals surface area contributed by atoms with Crippen LogP contribution < -0.4 is 0 Å². The Balaban J connectivity index is 3.21. The molecule has 0 aliphatic rings. The fraction of sp³-hybridized carbons (Fsp3) is 0.200. The van der Waals surface area contributed by atoms with Crippen molar-refractivity contribution in [2.24, 2.45) is 0 Å². The number of carbonyl (C=O) groups excluding carboxylic acids is 1. The zero-order valence-corrected chi connectivity index (χ0v) is 9.17. The summed E-state index contributed by atoms with van der Waals surface area (Å²) in [6.07, 6.45) is 0.154. The smallest absolute Gasteiger partial charge is 0.337 e. The van der Waals surface area contributed by atoms with E-state index in [9.17, 15) is 9.59 Å². The van der Waals surface area contributed by atoms with Gasteiger partial charge in [0, 0.05) is 10.9 Å². The van der Waals surface area contributed by atoms with Crippen molar-refractivity contribution in [3.8, 4) is 0 Å². The number of rotatable bonds is 3. The van der Waals surface area contributed by atoms with E-state index in [1.54, 1.807) is 18.2 Å². The van der Waals surface area contributed by atoms with Gasteiger partial charge in [0.15, 0.2) is 0 Å². The Labute approximate surface area is 89.9 Å². The van der Waals surface area contributed by atoms with E-state index < -0.39 is 5.97 Å². The predicted molar refractivity (Wildman–Crippen MR) is 55.5 cm³/mol. The second-order valence-corrected chi connectivity index (χ2v) is 3.81. The Kier molecular flexibility index (Phi) is 3.41. The molecular weight excluding hydrogens is 248 g/mol. The van der Waals surface area contributed by atoms with Crippen LogP contribution in [0, 0.1) is 0 Å². The van der Waals surface area contributed by atoms with E-state index in [1.807, 2.05) is 0 Å². The van der Waals surface area contributed by atoms with Crippen LogP contribution in [0.25, 0.3) is 0 Å². The summed E-state index contributed by atoms with van der Waals surface area (Å²) in [6, 6.07) is 5.01. The average molecular weight is 257 g/mol. The topological polar surface area (TPSA) is 54.4 Å². The monoisotopic (exact) mass is 256 g/mol. The first-order chi connectivity index (χ1) is 6.52. The molecule has 0 saturated carbocycles. The van der Waals surface area contributed by atoms with Gasteiger partial charge in [0.2, 0.25) is 0 Å². The lowest BCUT2D eigenvalue weighted by atomic mass is 10.0. The van der Waals surface area contributed by atoms with Crippen LogP contribution in [0.15, 0.2) is 22.7 Å². The zero-order valence-electron chi connectivity index (χ0n) is 7.58. The summed E-state index contributed by atoms with van der Waals surface area (Å²) in [7, 11) is 0. The number of hydrogen-bond donors (Lipinski definition) is 1. The number of ketones is 1. The largest absolute Gasteiger partial charge is 0.478 e. The van der Waals surface area contributed by atoms with Gasteiger partial charge in [-0.1, -0.05) is 12.1 Å². The van der Waals surface area contributed by atoms with Gasteiger partial charge in [0.05, 0.1) is 5.56 Å². The Morgan fingerprint density at radius 3 is 2.57 bits per heavy atom. The van der Waals surface area contributed by atoms with Gasteiger partial charge in [0.1, 0.15) is 5.78 Å². The van der Waals surface area contributed by atoms with Crippen LogP contribution >= 0.6 is 15.9 Å². The number of carboxylic acids is 1. The van der Waals surface area contributed by atoms with Gasteiger partial charge in [-0.2, -0.15) is 0 Å². The molecule has 0 heterocycles. The molecule has 0 aliphatic carbocycles. The standard InChI is InChI=1S/C10H9BrO3/c1-6(12)5-7-3-2-4-8(11)9(7)10(13)14/h2-4H,5H2,1H3,(H,13,14). The van der Waals surface area contributed by atoms with E-state index in [0.29, 0.717) is 10.0 Å². The molecule has 0 unspecified atom stereocenters. The normalized spacial score (nSPS) is 9.86. The fourth-order valence-corrected chi connectivity index (χ4v) is 1.80. The first-order valence-electron chi connectivity index (χ1n) is 4.02. The van der Waals surface area contributed by atoms with Gasteiger partial charge < -0.3 is 5.11 Å². The number of carboxylic acid groups (broad SMARTS) is 1. The Hall–Kier alpha value is -1.16. The number of halogens is 1. The maximum absolute atomic E-state index is 10.9. The maximum Gasteiger partial charge on any atom is 0.337 e. The fourth-order valence-electron chi connectivity index (χ4n) is 1.22. The summed E-state index contributed by atoms with van der Waals surface area (Å²) in [6.45, 7) is 1.44. The van der Waals surface area contributed by atoms with Crippen molar-refractivity contribution in [3.63, 3.8) is 0 Å². The Morgan fingerprint density at radius 1 is 1.43 bits per heavy atom. The van der Waals surface area contributed by atoms with Crippen LogP contribution in [-0.2, 0) is 11.2 Å². The molecule has 0 amide bonds. The number of benzene rings is 1. The van der Waals surface area contributed by atoms with Crippen LogP contribution in [0.3, 0.4) is 0 Å². The molecule has 0 aromatic heterocycles. The number of aromatic carboxylic acids is 1. The van der Waals surface area contributed by atoms with E-state index >= 15 is 0 Å². The van der Waals surface area contributed by atoms with Gasteiger partial charge in [-0.3, -0.25) is 4.79 Å². The molecule has 1 aromatic carbocycles. The molecule has 3 nitrogen and oxygen atoms in total. The molecular formula is C10H9BrO3. The third-order valence-electron chi connectivity index (χ3n) is 1.75. The average Bonchev–Trinajstić information content (AvgIpc) is 2.01. The van der Waals surface area contributed by atoms with Crippen molar-refractivity contribution < 1.29 is 14.7 Å². The molecule has 0 radical (unpaired) electrons. The van der Waals surface area contributed by atoms with E-state index in [0.717, 1.165) is 0 Å². The third-order valence-corrected chi connectivity index (χ3v) is 2.41. The summed E-state index contributed by atoms with van der Waals surface area (Å²) in [5.74, 6) is -1.07. The van der Waals surface area contributed by atoms with E-state index in [1.165, 1.54) is 6.92 Å². The summed E-state index contributed by atoms with van der Waals surface area (Å²) in [5.41, 5.74) is 0.710. The van der Waals surface area contributed by atoms with Crippen molar-refractivity contribution in [2.45, 2.75) is 13.3 Å². The van der Waals surface area contributed by atoms with Gasteiger partial charge in [-0.25, -0.2) is 4.79 Å². The van der Waals surface area contributed by atoms with Gasteiger partial charge in [0.25, 0.3) is 0 Å². The lowest BCUT2D eigenvalue weighted by molar-refractivity contribution is -0.116. The maximum atomic E-state index is 10.9. The van der Waals surface area contributed by atoms with E-state index in [4.69, 9.17) is 5.11 Å². The molecule has 1 N–H and O–H groups in total. The van der Waals surface area contributed by atoms with Crippen molar-refractivity contribution in [1.82, 2.24) is 0 Å². The number of hydrogen-bond acceptors (Lipinski definition) is 2. The second-order valence-electron chi connectivity index (χ2n) is 2.96. The minimum absolute atomic E-state index is 0.0504. The van der Waals surface area contributed by atoms with Gasteiger partial charge >= 0.3 is 5.97 Å². The molecule has 1 rings (SSSR count). The molecule has 0 fully saturated rings. The van der Waals surface area contributed by atoms with Crippen LogP contribution in [-0.4, -0.2) is 16.9 Å². The van der Waals surface area contributed by atoms with Crippen LogP contribution in [0.2, 0.25) is 0 Å². The molecule has 74 valence electrons. The first-order valence-corrected chi connectivity index (χ1v) is 4.81. The van der Waals surface area contributed by atoms with Crippen molar-refractivity contribution in [3.05, 3.63) is 33.8 Å². The summed E-state index contributed by atoms with van der Waals surface area (Å²) in [4.78, 5) is 21.8. The van der Waals surface area contributed by atoms with Crippen LogP contribution in [0.4, 0.5) is 0 Å². The molecule has 0 spiro atoms. The van der Waals surface area contributed by atoms with Crippen molar-refractivity contribution in [2.75, 3.05) is 0 Å². The van der Waals surface area contributed by atoms with E-state index in [-0.39, 0.29) is 17.8 Å². The minimum atomic E-state index is -1.02. The van der Waals surface area contributed by atoms with Crippen molar-refractivity contribution >= 4 is 27.7 Å². The van der Waals surface area contributed by atoms with Gasteiger partial charge in [-0.15, -0.1) is 0 Å². The molecule has 4 heteroatoms. The van der Waals surface area contributed by atoms with Gasteiger partial charge in [-0.05, 0) is 34.5 Å². The first kappa shape index (κ1) is 10.9. The Bertz CT molecular complexity index is 385. The molecule has 14 heavy (non-hydrogen) atoms. The highest BCUT2D eigenvalue weighted by Gasteiger charge is 2.14. The summed E-state index contributed by atoms with van der Waals surface area (Å²) < 4.78 is 0.503. The Morgan fingerprint density at radius 2 is 2.07 bits per heavy atom. The molecule has 1 aromatic rings. The lowest BCUT2D eigenvalue weighted by Gasteiger charge is -2.05. The van der Waals surface area contributed by atoms with Crippen LogP contribution in [0.5, 0.6) is 0 Å².